The minimum atomic E-state index is 0.686. The zero-order chi connectivity index (χ0) is 14.1. The van der Waals surface area contributed by atoms with Crippen LogP contribution in [0.3, 0.4) is 0 Å². The molecule has 0 aromatic heterocycles. The normalized spacial score (nSPS) is 12.9. The highest BCUT2D eigenvalue weighted by atomic mass is 79.9. The van der Waals surface area contributed by atoms with Gasteiger partial charge in [-0.2, -0.15) is 0 Å². The van der Waals surface area contributed by atoms with Crippen LogP contribution in [0.4, 0.5) is 0 Å². The number of ether oxygens (including phenoxy) is 1. The molecule has 0 heterocycles. The van der Waals surface area contributed by atoms with E-state index in [1.54, 1.807) is 7.11 Å². The second-order valence-corrected chi connectivity index (χ2v) is 6.44. The van der Waals surface area contributed by atoms with Crippen molar-refractivity contribution in [2.45, 2.75) is 26.7 Å². The van der Waals surface area contributed by atoms with E-state index in [0.29, 0.717) is 5.92 Å². The van der Waals surface area contributed by atoms with Gasteiger partial charge in [-0.05, 0) is 48.9 Å². The van der Waals surface area contributed by atoms with Crippen LogP contribution >= 0.6 is 15.9 Å². The summed E-state index contributed by atoms with van der Waals surface area (Å²) >= 11 is 3.54. The molecule has 0 fully saturated rings. The van der Waals surface area contributed by atoms with Crippen molar-refractivity contribution < 1.29 is 4.74 Å². The third kappa shape index (κ3) is 7.71. The molecule has 1 aromatic carbocycles. The molecule has 0 amide bonds. The number of nitrogens with one attached hydrogen (secondary N) is 1. The molecule has 0 bridgehead atoms. The molecule has 1 N–H and O–H groups in total. The van der Waals surface area contributed by atoms with Gasteiger partial charge < -0.3 is 10.1 Å². The quantitative estimate of drug-likeness (QED) is 0.695. The molecule has 0 saturated heterocycles. The molecule has 0 aliphatic heterocycles. The van der Waals surface area contributed by atoms with E-state index in [1.165, 1.54) is 16.5 Å². The van der Waals surface area contributed by atoms with Crippen molar-refractivity contribution in [3.05, 3.63) is 34.3 Å². The van der Waals surface area contributed by atoms with E-state index in [2.05, 4.69) is 59.4 Å². The van der Waals surface area contributed by atoms with Crippen molar-refractivity contribution in [2.75, 3.05) is 26.8 Å². The molecule has 3 heteroatoms. The third-order valence-corrected chi connectivity index (χ3v) is 3.63. The summed E-state index contributed by atoms with van der Waals surface area (Å²) in [5.74, 6) is 1.42. The van der Waals surface area contributed by atoms with Gasteiger partial charge in [0.25, 0.3) is 0 Å². The fraction of sp³-hybridized carbons (Fsp3) is 0.625. The van der Waals surface area contributed by atoms with E-state index >= 15 is 0 Å². The maximum Gasteiger partial charge on any atom is 0.0587 e. The van der Waals surface area contributed by atoms with Gasteiger partial charge in [0, 0.05) is 18.1 Å². The van der Waals surface area contributed by atoms with Gasteiger partial charge in [0.2, 0.25) is 0 Å². The molecule has 0 spiro atoms. The van der Waals surface area contributed by atoms with E-state index in [9.17, 15) is 0 Å². The molecule has 0 aliphatic rings. The van der Waals surface area contributed by atoms with Crippen LogP contribution < -0.4 is 5.32 Å². The van der Waals surface area contributed by atoms with Crippen molar-refractivity contribution in [2.24, 2.45) is 11.8 Å². The molecule has 0 saturated carbocycles. The highest BCUT2D eigenvalue weighted by Crippen LogP contribution is 2.19. The number of benzene rings is 1. The molecule has 108 valence electrons. The summed E-state index contributed by atoms with van der Waals surface area (Å²) in [5.41, 5.74) is 1.41. The van der Waals surface area contributed by atoms with Crippen molar-refractivity contribution in [1.29, 1.82) is 0 Å². The lowest BCUT2D eigenvalue weighted by Crippen LogP contribution is -2.28. The first-order chi connectivity index (χ1) is 9.11. The maximum absolute atomic E-state index is 5.07. The second-order valence-electron chi connectivity index (χ2n) is 5.53. The van der Waals surface area contributed by atoms with Crippen LogP contribution in [-0.2, 0) is 11.2 Å². The van der Waals surface area contributed by atoms with Crippen LogP contribution in [0, 0.1) is 11.8 Å². The van der Waals surface area contributed by atoms with Crippen LogP contribution in [0.1, 0.15) is 25.8 Å². The average molecular weight is 328 g/mol. The Labute approximate surface area is 126 Å². The topological polar surface area (TPSA) is 21.3 Å². The number of halogens is 1. The first kappa shape index (κ1) is 16.7. The van der Waals surface area contributed by atoms with Gasteiger partial charge in [0.05, 0.1) is 6.61 Å². The highest BCUT2D eigenvalue weighted by Gasteiger charge is 2.11. The zero-order valence-corrected chi connectivity index (χ0v) is 13.9. The van der Waals surface area contributed by atoms with Gasteiger partial charge in [-0.1, -0.05) is 41.9 Å². The van der Waals surface area contributed by atoms with Gasteiger partial charge in [0.1, 0.15) is 0 Å². The Balaban J connectivity index is 2.48. The lowest BCUT2D eigenvalue weighted by atomic mass is 9.91. The third-order valence-electron chi connectivity index (χ3n) is 3.13. The van der Waals surface area contributed by atoms with Gasteiger partial charge >= 0.3 is 0 Å². The number of hydrogen-bond donors (Lipinski definition) is 1. The van der Waals surface area contributed by atoms with Gasteiger partial charge in [-0.25, -0.2) is 0 Å². The Morgan fingerprint density at radius 3 is 2.74 bits per heavy atom. The molecular formula is C16H26BrNO. The fourth-order valence-corrected chi connectivity index (χ4v) is 2.83. The largest absolute Gasteiger partial charge is 0.383 e. The molecular weight excluding hydrogens is 302 g/mol. The summed E-state index contributed by atoms with van der Waals surface area (Å²) in [5, 5.41) is 3.49. The monoisotopic (exact) mass is 327 g/mol. The summed E-state index contributed by atoms with van der Waals surface area (Å²) in [6, 6.07) is 8.64. The fourth-order valence-electron chi connectivity index (χ4n) is 2.38. The number of methoxy groups -OCH3 is 1. The molecule has 2 nitrogen and oxygen atoms in total. The van der Waals surface area contributed by atoms with Gasteiger partial charge in [0.15, 0.2) is 0 Å². The summed E-state index contributed by atoms with van der Waals surface area (Å²) in [6.07, 6.45) is 2.39. The zero-order valence-electron chi connectivity index (χ0n) is 12.3. The lowest BCUT2D eigenvalue weighted by molar-refractivity contribution is 0.197. The predicted octanol–water partition coefficient (Wildman–Crippen LogP) is 3.89. The summed E-state index contributed by atoms with van der Waals surface area (Å²) in [6.45, 7) is 7.37. The van der Waals surface area contributed by atoms with Crippen molar-refractivity contribution >= 4 is 15.9 Å². The first-order valence-electron chi connectivity index (χ1n) is 7.06. The molecule has 0 aliphatic carbocycles. The molecule has 1 rings (SSSR count). The molecule has 0 radical (unpaired) electrons. The van der Waals surface area contributed by atoms with Crippen LogP contribution in [0.5, 0.6) is 0 Å². The smallest absolute Gasteiger partial charge is 0.0587 e. The molecule has 19 heavy (non-hydrogen) atoms. The Kier molecular flexibility index (Phi) is 8.35. The maximum atomic E-state index is 5.07. The first-order valence-corrected chi connectivity index (χ1v) is 7.85. The van der Waals surface area contributed by atoms with E-state index < -0.39 is 0 Å². The summed E-state index contributed by atoms with van der Waals surface area (Å²) in [7, 11) is 1.74. The minimum Gasteiger partial charge on any atom is -0.383 e. The van der Waals surface area contributed by atoms with E-state index in [4.69, 9.17) is 4.74 Å². The molecule has 1 atom stereocenters. The SMILES string of the molecule is COCCNCC(Cc1cccc(Br)c1)CC(C)C. The van der Waals surface area contributed by atoms with Crippen molar-refractivity contribution in [3.8, 4) is 0 Å². The Hall–Kier alpha value is -0.380. The van der Waals surface area contributed by atoms with Crippen LogP contribution in [-0.4, -0.2) is 26.8 Å². The molecule has 1 unspecified atom stereocenters. The predicted molar refractivity (Wildman–Crippen MR) is 85.5 cm³/mol. The van der Waals surface area contributed by atoms with E-state index in [0.717, 1.165) is 32.0 Å². The minimum absolute atomic E-state index is 0.686. The van der Waals surface area contributed by atoms with Crippen molar-refractivity contribution in [1.82, 2.24) is 5.32 Å². The van der Waals surface area contributed by atoms with Crippen LogP contribution in [0.2, 0.25) is 0 Å². The molecule has 1 aromatic rings. The number of rotatable bonds is 9. The van der Waals surface area contributed by atoms with Gasteiger partial charge in [-0.15, -0.1) is 0 Å². The Bertz CT molecular complexity index is 354. The van der Waals surface area contributed by atoms with Gasteiger partial charge in [-0.3, -0.25) is 0 Å². The van der Waals surface area contributed by atoms with Crippen molar-refractivity contribution in [3.63, 3.8) is 0 Å². The lowest BCUT2D eigenvalue weighted by Gasteiger charge is -2.20. The van der Waals surface area contributed by atoms with Crippen LogP contribution in [0.15, 0.2) is 28.7 Å². The second kappa shape index (κ2) is 9.51. The average Bonchev–Trinajstić information content (AvgIpc) is 2.34. The Morgan fingerprint density at radius 1 is 1.32 bits per heavy atom. The Morgan fingerprint density at radius 2 is 2.11 bits per heavy atom. The van der Waals surface area contributed by atoms with E-state index in [1.807, 2.05) is 0 Å². The standard InChI is InChI=1S/C16H26BrNO/c1-13(2)9-15(12-18-7-8-19-3)10-14-5-4-6-16(17)11-14/h4-6,11,13,15,18H,7-10,12H2,1-3H3. The summed E-state index contributed by atoms with van der Waals surface area (Å²) < 4.78 is 6.24. The highest BCUT2D eigenvalue weighted by molar-refractivity contribution is 9.10. The van der Waals surface area contributed by atoms with E-state index in [-0.39, 0.29) is 0 Å². The van der Waals surface area contributed by atoms with Crippen LogP contribution in [0.25, 0.3) is 0 Å². The number of hydrogen-bond acceptors (Lipinski definition) is 2. The summed E-state index contributed by atoms with van der Waals surface area (Å²) in [4.78, 5) is 0.